The van der Waals surface area contributed by atoms with Gasteiger partial charge in [-0.05, 0) is 23.9 Å². The van der Waals surface area contributed by atoms with Gasteiger partial charge in [0.05, 0.1) is 19.6 Å². The highest BCUT2D eigenvalue weighted by Crippen LogP contribution is 2.21. The molecule has 1 aliphatic rings. The van der Waals surface area contributed by atoms with Crippen molar-refractivity contribution in [1.82, 2.24) is 4.90 Å². The van der Waals surface area contributed by atoms with Crippen LogP contribution < -0.4 is 0 Å². The monoisotopic (exact) mass is 255 g/mol. The quantitative estimate of drug-likeness (QED) is 0.890. The molecule has 1 saturated heterocycles. The zero-order valence-electron chi connectivity index (χ0n) is 9.89. The molecule has 0 unspecified atom stereocenters. The maximum atomic E-state index is 10.8. The van der Waals surface area contributed by atoms with Crippen LogP contribution in [0.25, 0.3) is 0 Å². The van der Waals surface area contributed by atoms with Crippen molar-refractivity contribution in [3.05, 3.63) is 21.9 Å². The Morgan fingerprint density at radius 1 is 1.71 bits per heavy atom. The van der Waals surface area contributed by atoms with Crippen LogP contribution in [-0.2, 0) is 16.1 Å². The summed E-state index contributed by atoms with van der Waals surface area (Å²) >= 11 is 1.73. The van der Waals surface area contributed by atoms with Gasteiger partial charge < -0.3 is 9.84 Å². The fourth-order valence-electron chi connectivity index (χ4n) is 2.04. The van der Waals surface area contributed by atoms with E-state index >= 15 is 0 Å². The van der Waals surface area contributed by atoms with Crippen LogP contribution in [-0.4, -0.2) is 41.8 Å². The number of morpholine rings is 1. The molecule has 2 heterocycles. The van der Waals surface area contributed by atoms with Gasteiger partial charge in [-0.3, -0.25) is 9.69 Å². The molecule has 1 aliphatic heterocycles. The van der Waals surface area contributed by atoms with Crippen LogP contribution in [0.4, 0.5) is 0 Å². The largest absolute Gasteiger partial charge is 0.481 e. The van der Waals surface area contributed by atoms with E-state index in [4.69, 9.17) is 9.84 Å². The van der Waals surface area contributed by atoms with Crippen LogP contribution in [0, 0.1) is 6.92 Å². The van der Waals surface area contributed by atoms with E-state index in [0.717, 1.165) is 13.1 Å². The van der Waals surface area contributed by atoms with E-state index in [1.54, 1.807) is 11.3 Å². The summed E-state index contributed by atoms with van der Waals surface area (Å²) in [7, 11) is 0. The third kappa shape index (κ3) is 3.28. The molecule has 1 fully saturated rings. The predicted octanol–water partition coefficient (Wildman–Crippen LogP) is 1.73. The van der Waals surface area contributed by atoms with E-state index in [1.165, 1.54) is 10.4 Å². The lowest BCUT2D eigenvalue weighted by Crippen LogP contribution is -2.45. The maximum absolute atomic E-state index is 10.8. The molecule has 0 aromatic carbocycles. The molecule has 17 heavy (non-hydrogen) atoms. The Labute approximate surface area is 105 Å². The van der Waals surface area contributed by atoms with Gasteiger partial charge in [-0.25, -0.2) is 0 Å². The van der Waals surface area contributed by atoms with Gasteiger partial charge in [0.15, 0.2) is 0 Å². The Morgan fingerprint density at radius 3 is 3.18 bits per heavy atom. The van der Waals surface area contributed by atoms with Crippen LogP contribution in [0.3, 0.4) is 0 Å². The first-order chi connectivity index (χ1) is 8.16. The summed E-state index contributed by atoms with van der Waals surface area (Å²) in [5, 5.41) is 11.0. The van der Waals surface area contributed by atoms with Crippen molar-refractivity contribution < 1.29 is 14.6 Å². The van der Waals surface area contributed by atoms with E-state index in [0.29, 0.717) is 13.2 Å². The lowest BCUT2D eigenvalue weighted by Gasteiger charge is -2.34. The molecule has 0 bridgehead atoms. The minimum atomic E-state index is -0.756. The van der Waals surface area contributed by atoms with Gasteiger partial charge >= 0.3 is 5.97 Å². The molecule has 2 rings (SSSR count). The average molecular weight is 255 g/mol. The molecular formula is C12H17NO3S. The molecule has 1 atom stereocenters. The highest BCUT2D eigenvalue weighted by atomic mass is 32.1. The number of aryl methyl sites for hydroxylation is 1. The van der Waals surface area contributed by atoms with Gasteiger partial charge in [-0.1, -0.05) is 0 Å². The predicted molar refractivity (Wildman–Crippen MR) is 66.3 cm³/mol. The van der Waals surface area contributed by atoms with E-state index in [9.17, 15) is 4.79 Å². The normalized spacial score (nSPS) is 21.6. The van der Waals surface area contributed by atoms with Crippen molar-refractivity contribution in [2.24, 2.45) is 0 Å². The van der Waals surface area contributed by atoms with Crippen LogP contribution >= 0.6 is 11.3 Å². The maximum Gasteiger partial charge on any atom is 0.305 e. The van der Waals surface area contributed by atoms with Gasteiger partial charge in [0, 0.05) is 24.0 Å². The lowest BCUT2D eigenvalue weighted by atomic mass is 10.1. The number of carbonyl (C=O) groups is 1. The Bertz CT molecular complexity index is 391. The van der Waals surface area contributed by atoms with Crippen LogP contribution in [0.15, 0.2) is 11.4 Å². The number of thiophene rings is 1. The molecule has 94 valence electrons. The molecule has 1 N–H and O–H groups in total. The number of carboxylic acids is 1. The topological polar surface area (TPSA) is 49.8 Å². The van der Waals surface area contributed by atoms with Crippen LogP contribution in [0.1, 0.15) is 16.9 Å². The first-order valence-electron chi connectivity index (χ1n) is 5.73. The zero-order valence-corrected chi connectivity index (χ0v) is 10.7. The van der Waals surface area contributed by atoms with Crippen LogP contribution in [0.5, 0.6) is 0 Å². The van der Waals surface area contributed by atoms with Gasteiger partial charge in [-0.15, -0.1) is 11.3 Å². The second-order valence-electron chi connectivity index (χ2n) is 4.32. The van der Waals surface area contributed by atoms with Crippen molar-refractivity contribution in [3.63, 3.8) is 0 Å². The van der Waals surface area contributed by atoms with Gasteiger partial charge in [0.1, 0.15) is 0 Å². The number of nitrogens with zero attached hydrogens (tertiary/aromatic N) is 1. The van der Waals surface area contributed by atoms with Crippen molar-refractivity contribution in [2.45, 2.75) is 25.9 Å². The number of carboxylic acid groups (broad SMARTS) is 1. The minimum absolute atomic E-state index is 0.00255. The average Bonchev–Trinajstić information content (AvgIpc) is 2.67. The third-order valence-electron chi connectivity index (χ3n) is 3.07. The Balaban J connectivity index is 2.01. The molecule has 1 aromatic rings. The summed E-state index contributed by atoms with van der Waals surface area (Å²) in [5.41, 5.74) is 1.29. The Kier molecular flexibility index (Phi) is 4.15. The van der Waals surface area contributed by atoms with Gasteiger partial charge in [0.2, 0.25) is 0 Å². The number of hydrogen-bond donors (Lipinski definition) is 1. The summed E-state index contributed by atoms with van der Waals surface area (Å²) in [5.74, 6) is -0.756. The van der Waals surface area contributed by atoms with Crippen molar-refractivity contribution in [2.75, 3.05) is 19.8 Å². The zero-order chi connectivity index (χ0) is 12.3. The molecular weight excluding hydrogens is 238 g/mol. The molecule has 0 spiro atoms. The first-order valence-corrected chi connectivity index (χ1v) is 6.61. The van der Waals surface area contributed by atoms with Crippen molar-refractivity contribution in [1.29, 1.82) is 0 Å². The fraction of sp³-hybridized carbons (Fsp3) is 0.583. The van der Waals surface area contributed by atoms with Gasteiger partial charge in [0.25, 0.3) is 0 Å². The Morgan fingerprint density at radius 2 is 2.53 bits per heavy atom. The number of ether oxygens (including phenoxy) is 1. The summed E-state index contributed by atoms with van der Waals surface area (Å²) < 4.78 is 5.36. The second kappa shape index (κ2) is 5.62. The van der Waals surface area contributed by atoms with Crippen molar-refractivity contribution in [3.8, 4) is 0 Å². The van der Waals surface area contributed by atoms with E-state index < -0.39 is 5.97 Å². The highest BCUT2D eigenvalue weighted by Gasteiger charge is 2.25. The standard InChI is InChI=1S/C12H17NO3S/c1-9-2-5-17-11(9)7-13-3-4-16-8-10(13)6-12(14)15/h2,5,10H,3-4,6-8H2,1H3,(H,14,15)/t10-/m1/s1. The summed E-state index contributed by atoms with van der Waals surface area (Å²) in [6.07, 6.45) is 0.157. The molecule has 0 amide bonds. The molecule has 0 aliphatic carbocycles. The van der Waals surface area contributed by atoms with Crippen LogP contribution in [0.2, 0.25) is 0 Å². The summed E-state index contributed by atoms with van der Waals surface area (Å²) in [4.78, 5) is 14.3. The molecule has 4 nitrogen and oxygen atoms in total. The lowest BCUT2D eigenvalue weighted by molar-refractivity contribution is -0.140. The highest BCUT2D eigenvalue weighted by molar-refractivity contribution is 7.10. The molecule has 0 saturated carbocycles. The van der Waals surface area contributed by atoms with Crippen molar-refractivity contribution >= 4 is 17.3 Å². The Hall–Kier alpha value is -0.910. The first kappa shape index (κ1) is 12.5. The second-order valence-corrected chi connectivity index (χ2v) is 5.32. The molecule has 1 aromatic heterocycles. The number of rotatable bonds is 4. The van der Waals surface area contributed by atoms with E-state index in [-0.39, 0.29) is 12.5 Å². The summed E-state index contributed by atoms with van der Waals surface area (Å²) in [6, 6.07) is 2.11. The number of aliphatic carboxylic acids is 1. The fourth-order valence-corrected chi connectivity index (χ4v) is 2.97. The number of hydrogen-bond acceptors (Lipinski definition) is 4. The SMILES string of the molecule is Cc1ccsc1CN1CCOC[C@H]1CC(=O)O. The summed E-state index contributed by atoms with van der Waals surface area (Å²) in [6.45, 7) is 4.97. The molecule has 0 radical (unpaired) electrons. The van der Waals surface area contributed by atoms with Gasteiger partial charge in [-0.2, -0.15) is 0 Å². The van der Waals surface area contributed by atoms with E-state index in [2.05, 4.69) is 23.3 Å². The molecule has 5 heteroatoms. The smallest absolute Gasteiger partial charge is 0.305 e. The van der Waals surface area contributed by atoms with E-state index in [1.807, 2.05) is 0 Å². The minimum Gasteiger partial charge on any atom is -0.481 e. The third-order valence-corrected chi connectivity index (χ3v) is 4.08.